The number of rotatable bonds is 57. The number of carbonyl (C=O) groups excluding carboxylic acids is 1. The highest BCUT2D eigenvalue weighted by atomic mass is 31.2. The first-order valence-electron chi connectivity index (χ1n) is 30.6. The fourth-order valence-corrected chi connectivity index (χ4v) is 10.2. The van der Waals surface area contributed by atoms with Crippen LogP contribution in [0.25, 0.3) is 0 Å². The number of phosphoric acid groups is 1. The number of unbranched alkanes of at least 4 members (excludes halogenated alkanes) is 44. The van der Waals surface area contributed by atoms with Crippen LogP contribution in [0.3, 0.4) is 0 Å². The van der Waals surface area contributed by atoms with Crippen molar-refractivity contribution >= 4 is 13.7 Å². The van der Waals surface area contributed by atoms with Crippen LogP contribution >= 0.6 is 7.82 Å². The number of nitrogens with zero attached hydrogens (tertiary/aromatic N) is 1. The number of allylic oxidation sites excluding steroid dienone is 1. The number of carbonyl (C=O) groups is 1. The van der Waals surface area contributed by atoms with Crippen LogP contribution in [0.1, 0.15) is 316 Å². The molecule has 0 radical (unpaired) electrons. The molecule has 0 saturated heterocycles. The van der Waals surface area contributed by atoms with Gasteiger partial charge in [0, 0.05) is 6.42 Å². The van der Waals surface area contributed by atoms with Gasteiger partial charge in [-0.25, -0.2) is 4.57 Å². The van der Waals surface area contributed by atoms with Gasteiger partial charge < -0.3 is 19.8 Å². The van der Waals surface area contributed by atoms with E-state index in [1.165, 1.54) is 257 Å². The average Bonchev–Trinajstić information content (AvgIpc) is 3.31. The molecule has 0 aromatic heterocycles. The molecule has 0 bridgehead atoms. The lowest BCUT2D eigenvalue weighted by Gasteiger charge is -2.25. The number of phosphoric ester groups is 1. The zero-order valence-electron chi connectivity index (χ0n) is 47.1. The normalized spacial score (nSPS) is 13.9. The van der Waals surface area contributed by atoms with Gasteiger partial charge in [-0.2, -0.15) is 0 Å². The number of nitrogens with one attached hydrogen (secondary N) is 1. The van der Waals surface area contributed by atoms with Crippen LogP contribution in [-0.4, -0.2) is 73.4 Å². The number of aliphatic hydroxyl groups excluding tert-OH is 1. The molecule has 0 heterocycles. The Morgan fingerprint density at radius 2 is 0.768 bits per heavy atom. The smallest absolute Gasteiger partial charge is 0.387 e. The van der Waals surface area contributed by atoms with Crippen LogP contribution in [0, 0.1) is 0 Å². The van der Waals surface area contributed by atoms with Gasteiger partial charge in [0.15, 0.2) is 0 Å². The van der Waals surface area contributed by atoms with Gasteiger partial charge in [0.05, 0.1) is 39.9 Å². The van der Waals surface area contributed by atoms with E-state index in [4.69, 9.17) is 9.05 Å². The number of quaternary nitrogens is 1. The third kappa shape index (κ3) is 54.8. The molecule has 0 fully saturated rings. The predicted molar refractivity (Wildman–Crippen MR) is 300 cm³/mol. The van der Waals surface area contributed by atoms with E-state index in [2.05, 4.69) is 19.2 Å². The van der Waals surface area contributed by atoms with Crippen molar-refractivity contribution < 1.29 is 32.9 Å². The lowest BCUT2D eigenvalue weighted by molar-refractivity contribution is -0.870. The minimum atomic E-state index is -4.33. The van der Waals surface area contributed by atoms with Crippen LogP contribution in [-0.2, 0) is 18.4 Å². The first-order chi connectivity index (χ1) is 33.5. The van der Waals surface area contributed by atoms with Crippen molar-refractivity contribution in [2.24, 2.45) is 0 Å². The topological polar surface area (TPSA) is 105 Å². The van der Waals surface area contributed by atoms with E-state index in [-0.39, 0.29) is 19.1 Å². The second kappa shape index (κ2) is 52.1. The summed E-state index contributed by atoms with van der Waals surface area (Å²) in [5.74, 6) is -0.172. The predicted octanol–water partition coefficient (Wildman–Crippen LogP) is 18.6. The summed E-state index contributed by atoms with van der Waals surface area (Å²) in [6.45, 7) is 4.83. The quantitative estimate of drug-likeness (QED) is 0.0243. The van der Waals surface area contributed by atoms with Gasteiger partial charge in [-0.3, -0.25) is 13.8 Å². The van der Waals surface area contributed by atoms with Gasteiger partial charge >= 0.3 is 7.82 Å². The Kier molecular flexibility index (Phi) is 51.5. The zero-order valence-corrected chi connectivity index (χ0v) is 48.0. The van der Waals surface area contributed by atoms with Gasteiger partial charge in [0.25, 0.3) is 0 Å². The molecule has 0 aliphatic heterocycles. The first-order valence-corrected chi connectivity index (χ1v) is 32.1. The summed E-state index contributed by atoms with van der Waals surface area (Å²) in [4.78, 5) is 23.2. The van der Waals surface area contributed by atoms with E-state index in [9.17, 15) is 19.4 Å². The third-order valence-corrected chi connectivity index (χ3v) is 15.2. The van der Waals surface area contributed by atoms with E-state index in [1.54, 1.807) is 6.08 Å². The summed E-state index contributed by atoms with van der Waals surface area (Å²) in [5.41, 5.74) is 0. The van der Waals surface area contributed by atoms with E-state index in [0.717, 1.165) is 38.5 Å². The van der Waals surface area contributed by atoms with Crippen molar-refractivity contribution in [2.45, 2.75) is 328 Å². The number of likely N-dealkylation sites (N-methyl/N-ethyl adjacent to an activating group) is 1. The molecule has 3 unspecified atom stereocenters. The molecule has 3 atom stereocenters. The molecule has 412 valence electrons. The maximum absolute atomic E-state index is 12.9. The number of hydrogen-bond acceptors (Lipinski definition) is 5. The standard InChI is InChI=1S/C60H121N2O6P/c1-6-8-10-12-14-16-18-19-20-21-22-23-24-25-26-27-28-29-30-31-32-33-34-35-36-37-38-39-40-41-42-43-44-46-48-50-52-54-60(64)61-58(57-68-69(65,66)67-56-55-62(3,4)5)59(63)53-51-49-47-45-17-15-13-11-9-7-2/h51,53,58-59,63H,6-50,52,54-57H2,1-5H3,(H-,61,64,65,66)/p+1/b53-51+. The maximum Gasteiger partial charge on any atom is 0.472 e. The lowest BCUT2D eigenvalue weighted by atomic mass is 10.0. The Morgan fingerprint density at radius 3 is 1.07 bits per heavy atom. The SMILES string of the molecule is CCCCCCCCCC/C=C/C(O)C(COP(=O)(O)OCC[N+](C)(C)C)NC(=O)CCCCCCCCCCCCCCCCCCCCCCCCCCCCCCCCCCCCCCC. The summed E-state index contributed by atoms with van der Waals surface area (Å²) in [6.07, 6.45) is 65.1. The maximum atomic E-state index is 12.9. The fourth-order valence-electron chi connectivity index (χ4n) is 9.46. The van der Waals surface area contributed by atoms with Crippen LogP contribution in [0.5, 0.6) is 0 Å². The van der Waals surface area contributed by atoms with Crippen LogP contribution in [0.2, 0.25) is 0 Å². The lowest BCUT2D eigenvalue weighted by Crippen LogP contribution is -2.45. The number of aliphatic hydroxyl groups is 1. The second-order valence-electron chi connectivity index (χ2n) is 22.4. The highest BCUT2D eigenvalue weighted by Gasteiger charge is 2.27. The summed E-state index contributed by atoms with van der Waals surface area (Å²) in [7, 11) is 1.59. The first kappa shape index (κ1) is 68.2. The van der Waals surface area contributed by atoms with E-state index in [1.807, 2.05) is 27.2 Å². The Balaban J connectivity index is 3.80. The van der Waals surface area contributed by atoms with E-state index >= 15 is 0 Å². The number of hydrogen-bond donors (Lipinski definition) is 3. The molecule has 9 heteroatoms. The molecule has 1 amide bonds. The molecule has 0 aliphatic carbocycles. The van der Waals surface area contributed by atoms with Crippen molar-refractivity contribution in [3.8, 4) is 0 Å². The van der Waals surface area contributed by atoms with Gasteiger partial charge in [0.1, 0.15) is 13.2 Å². The Bertz CT molecular complexity index is 1130. The molecule has 0 aliphatic rings. The largest absolute Gasteiger partial charge is 0.472 e. The van der Waals surface area contributed by atoms with Gasteiger partial charge in [-0.1, -0.05) is 302 Å². The molecule has 69 heavy (non-hydrogen) atoms. The number of amides is 1. The molecule has 0 saturated carbocycles. The van der Waals surface area contributed by atoms with Gasteiger partial charge in [-0.15, -0.1) is 0 Å². The van der Waals surface area contributed by atoms with Crippen molar-refractivity contribution in [1.82, 2.24) is 5.32 Å². The molecule has 3 N–H and O–H groups in total. The Hall–Kier alpha value is -0.760. The van der Waals surface area contributed by atoms with Crippen LogP contribution in [0.4, 0.5) is 0 Å². The highest BCUT2D eigenvalue weighted by molar-refractivity contribution is 7.47. The monoisotopic (exact) mass is 998 g/mol. The van der Waals surface area contributed by atoms with Crippen LogP contribution < -0.4 is 5.32 Å². The van der Waals surface area contributed by atoms with Crippen molar-refractivity contribution in [3.63, 3.8) is 0 Å². The molecule has 8 nitrogen and oxygen atoms in total. The molecule has 0 aromatic carbocycles. The van der Waals surface area contributed by atoms with E-state index in [0.29, 0.717) is 17.4 Å². The second-order valence-corrected chi connectivity index (χ2v) is 23.9. The van der Waals surface area contributed by atoms with Crippen molar-refractivity contribution in [1.29, 1.82) is 0 Å². The van der Waals surface area contributed by atoms with E-state index < -0.39 is 20.0 Å². The summed E-state index contributed by atoms with van der Waals surface area (Å²) < 4.78 is 23.6. The van der Waals surface area contributed by atoms with Crippen molar-refractivity contribution in [2.75, 3.05) is 40.9 Å². The average molecular weight is 999 g/mol. The minimum Gasteiger partial charge on any atom is -0.387 e. The van der Waals surface area contributed by atoms with Crippen molar-refractivity contribution in [3.05, 3.63) is 12.2 Å². The fraction of sp³-hybridized carbons (Fsp3) is 0.950. The summed E-state index contributed by atoms with van der Waals surface area (Å²) >= 11 is 0. The summed E-state index contributed by atoms with van der Waals surface area (Å²) in [6, 6.07) is -0.840. The minimum absolute atomic E-state index is 0.0646. The molecule has 0 rings (SSSR count). The zero-order chi connectivity index (χ0) is 50.6. The molecule has 0 spiro atoms. The molecular weight excluding hydrogens is 876 g/mol. The molecule has 0 aromatic rings. The summed E-state index contributed by atoms with van der Waals surface area (Å²) in [5, 5.41) is 13.8. The Labute approximate surface area is 431 Å². The molecular formula is C60H122N2O6P+. The third-order valence-electron chi connectivity index (χ3n) is 14.3. The Morgan fingerprint density at radius 1 is 0.478 bits per heavy atom. The van der Waals surface area contributed by atoms with Gasteiger partial charge in [0.2, 0.25) is 5.91 Å². The van der Waals surface area contributed by atoms with Crippen LogP contribution in [0.15, 0.2) is 12.2 Å². The highest BCUT2D eigenvalue weighted by Crippen LogP contribution is 2.43. The van der Waals surface area contributed by atoms with Gasteiger partial charge in [-0.05, 0) is 19.3 Å².